The van der Waals surface area contributed by atoms with Crippen molar-refractivity contribution in [2.24, 2.45) is 0 Å². The normalized spacial score (nSPS) is 10.2. The molecule has 0 aliphatic carbocycles. The number of aromatic amines is 1. The third-order valence-corrected chi connectivity index (χ3v) is 4.99. The van der Waals surface area contributed by atoms with Gasteiger partial charge in [-0.25, -0.2) is 0 Å². The molecule has 7 nitrogen and oxygen atoms in total. The number of carbonyl (C=O) groups is 1. The SMILES string of the molecule is COc1ccc(C(=O)Nc2[nH]nc(SCc3ccccc3)c2C#N)cc1OC. The molecule has 3 rings (SSSR count). The number of hydrogen-bond acceptors (Lipinski definition) is 6. The molecule has 0 saturated carbocycles. The van der Waals surface area contributed by atoms with E-state index in [1.807, 2.05) is 30.3 Å². The number of amides is 1. The average Bonchev–Trinajstić information content (AvgIpc) is 3.13. The molecule has 0 unspecified atom stereocenters. The van der Waals surface area contributed by atoms with E-state index < -0.39 is 0 Å². The smallest absolute Gasteiger partial charge is 0.256 e. The highest BCUT2D eigenvalue weighted by atomic mass is 32.2. The van der Waals surface area contributed by atoms with Crippen LogP contribution in [0.2, 0.25) is 0 Å². The molecule has 3 aromatic rings. The topological polar surface area (TPSA) is 100 Å². The highest BCUT2D eigenvalue weighted by molar-refractivity contribution is 7.98. The molecule has 0 aliphatic heterocycles. The molecule has 1 heterocycles. The molecule has 0 fully saturated rings. The number of nitrogens with zero attached hydrogens (tertiary/aromatic N) is 2. The van der Waals surface area contributed by atoms with Crippen LogP contribution in [0.15, 0.2) is 53.6 Å². The number of methoxy groups -OCH3 is 2. The minimum atomic E-state index is -0.388. The van der Waals surface area contributed by atoms with Crippen LogP contribution in [0.25, 0.3) is 0 Å². The lowest BCUT2D eigenvalue weighted by molar-refractivity contribution is 0.102. The molecule has 2 N–H and O–H groups in total. The molecule has 8 heteroatoms. The second-order valence-electron chi connectivity index (χ2n) is 5.69. The van der Waals surface area contributed by atoms with E-state index in [-0.39, 0.29) is 11.7 Å². The first-order valence-electron chi connectivity index (χ1n) is 8.34. The first kappa shape index (κ1) is 19.3. The van der Waals surface area contributed by atoms with Crippen molar-refractivity contribution in [3.63, 3.8) is 0 Å². The van der Waals surface area contributed by atoms with Crippen LogP contribution in [0, 0.1) is 11.3 Å². The summed E-state index contributed by atoms with van der Waals surface area (Å²) in [6, 6.07) is 16.8. The van der Waals surface area contributed by atoms with Crippen molar-refractivity contribution in [3.05, 3.63) is 65.2 Å². The van der Waals surface area contributed by atoms with Gasteiger partial charge in [0.2, 0.25) is 0 Å². The second-order valence-corrected chi connectivity index (χ2v) is 6.65. The highest BCUT2D eigenvalue weighted by Gasteiger charge is 2.17. The molecule has 28 heavy (non-hydrogen) atoms. The van der Waals surface area contributed by atoms with Crippen LogP contribution in [-0.2, 0) is 5.75 Å². The zero-order valence-corrected chi connectivity index (χ0v) is 16.2. The van der Waals surface area contributed by atoms with Gasteiger partial charge in [0.05, 0.1) is 14.2 Å². The molecule has 1 aromatic heterocycles. The number of hydrogen-bond donors (Lipinski definition) is 2. The zero-order chi connectivity index (χ0) is 19.9. The summed E-state index contributed by atoms with van der Waals surface area (Å²) in [6.07, 6.45) is 0. The van der Waals surface area contributed by atoms with Crippen LogP contribution in [0.1, 0.15) is 21.5 Å². The lowest BCUT2D eigenvalue weighted by atomic mass is 10.2. The van der Waals surface area contributed by atoms with Gasteiger partial charge in [0, 0.05) is 11.3 Å². The van der Waals surface area contributed by atoms with Crippen molar-refractivity contribution in [2.45, 2.75) is 10.8 Å². The maximum Gasteiger partial charge on any atom is 0.256 e. The zero-order valence-electron chi connectivity index (χ0n) is 15.4. The van der Waals surface area contributed by atoms with Crippen LogP contribution >= 0.6 is 11.8 Å². The predicted octanol–water partition coefficient (Wildman–Crippen LogP) is 3.84. The van der Waals surface area contributed by atoms with Crippen molar-refractivity contribution in [2.75, 3.05) is 19.5 Å². The summed E-state index contributed by atoms with van der Waals surface area (Å²) >= 11 is 1.43. The highest BCUT2D eigenvalue weighted by Crippen LogP contribution is 2.30. The lowest BCUT2D eigenvalue weighted by Crippen LogP contribution is -2.13. The Hall–Kier alpha value is -3.44. The van der Waals surface area contributed by atoms with Crippen molar-refractivity contribution in [3.8, 4) is 17.6 Å². The van der Waals surface area contributed by atoms with Gasteiger partial charge in [-0.3, -0.25) is 9.89 Å². The van der Waals surface area contributed by atoms with E-state index in [1.54, 1.807) is 18.2 Å². The van der Waals surface area contributed by atoms with Gasteiger partial charge in [0.25, 0.3) is 5.91 Å². The summed E-state index contributed by atoms with van der Waals surface area (Å²) in [5.74, 6) is 1.51. The second kappa shape index (κ2) is 8.97. The molecule has 0 bridgehead atoms. The maximum absolute atomic E-state index is 12.6. The molecule has 0 aliphatic rings. The van der Waals surface area contributed by atoms with E-state index in [9.17, 15) is 10.1 Å². The van der Waals surface area contributed by atoms with Crippen molar-refractivity contribution in [1.82, 2.24) is 10.2 Å². The Morgan fingerprint density at radius 3 is 2.61 bits per heavy atom. The molecule has 1 amide bonds. The van der Waals surface area contributed by atoms with E-state index in [4.69, 9.17) is 9.47 Å². The van der Waals surface area contributed by atoms with Gasteiger partial charge in [-0.1, -0.05) is 42.1 Å². The van der Waals surface area contributed by atoms with Crippen molar-refractivity contribution >= 4 is 23.5 Å². The quantitative estimate of drug-likeness (QED) is 0.591. The monoisotopic (exact) mass is 394 g/mol. The van der Waals surface area contributed by atoms with Crippen LogP contribution in [0.3, 0.4) is 0 Å². The maximum atomic E-state index is 12.6. The number of rotatable bonds is 7. The summed E-state index contributed by atoms with van der Waals surface area (Å²) in [6.45, 7) is 0. The minimum absolute atomic E-state index is 0.262. The first-order valence-corrected chi connectivity index (χ1v) is 9.33. The molecule has 0 saturated heterocycles. The minimum Gasteiger partial charge on any atom is -0.493 e. The number of aromatic nitrogens is 2. The number of nitrogens with one attached hydrogen (secondary N) is 2. The summed E-state index contributed by atoms with van der Waals surface area (Å²) < 4.78 is 10.4. The third-order valence-electron chi connectivity index (χ3n) is 3.95. The number of ether oxygens (including phenoxy) is 2. The number of anilines is 1. The predicted molar refractivity (Wildman–Crippen MR) is 107 cm³/mol. The van der Waals surface area contributed by atoms with Gasteiger partial charge < -0.3 is 14.8 Å². The van der Waals surface area contributed by atoms with Crippen LogP contribution in [0.5, 0.6) is 11.5 Å². The van der Waals surface area contributed by atoms with Gasteiger partial charge in [-0.2, -0.15) is 10.4 Å². The van der Waals surface area contributed by atoms with E-state index in [2.05, 4.69) is 21.6 Å². The largest absolute Gasteiger partial charge is 0.493 e. The van der Waals surface area contributed by atoms with E-state index in [0.29, 0.717) is 33.4 Å². The number of benzene rings is 2. The molecule has 2 aromatic carbocycles. The summed E-state index contributed by atoms with van der Waals surface area (Å²) in [4.78, 5) is 12.6. The van der Waals surface area contributed by atoms with Gasteiger partial charge in [0.15, 0.2) is 11.5 Å². The van der Waals surface area contributed by atoms with Gasteiger partial charge >= 0.3 is 0 Å². The Morgan fingerprint density at radius 2 is 1.93 bits per heavy atom. The van der Waals surface area contributed by atoms with Gasteiger partial charge in [-0.15, -0.1) is 0 Å². The summed E-state index contributed by atoms with van der Waals surface area (Å²) in [5, 5.41) is 19.6. The molecular formula is C20H18N4O3S. The fourth-order valence-corrected chi connectivity index (χ4v) is 3.41. The molecule has 142 valence electrons. The van der Waals surface area contributed by atoms with Gasteiger partial charge in [0.1, 0.15) is 22.5 Å². The number of H-pyrrole nitrogens is 1. The number of thioether (sulfide) groups is 1. The fourth-order valence-electron chi connectivity index (χ4n) is 2.51. The van der Waals surface area contributed by atoms with Crippen molar-refractivity contribution < 1.29 is 14.3 Å². The van der Waals surface area contributed by atoms with E-state index in [1.165, 1.54) is 26.0 Å². The van der Waals surface area contributed by atoms with Crippen LogP contribution < -0.4 is 14.8 Å². The lowest BCUT2D eigenvalue weighted by Gasteiger charge is -2.09. The summed E-state index contributed by atoms with van der Waals surface area (Å²) in [7, 11) is 3.02. The Balaban J connectivity index is 1.75. The van der Waals surface area contributed by atoms with Gasteiger partial charge in [-0.05, 0) is 23.8 Å². The number of carbonyl (C=O) groups excluding carboxylic acids is 1. The molecule has 0 spiro atoms. The third kappa shape index (κ3) is 4.27. The fraction of sp³-hybridized carbons (Fsp3) is 0.150. The molecule has 0 atom stereocenters. The Bertz CT molecular complexity index is 1010. The number of nitriles is 1. The summed E-state index contributed by atoms with van der Waals surface area (Å²) in [5.41, 5.74) is 1.79. The molecular weight excluding hydrogens is 376 g/mol. The average molecular weight is 394 g/mol. The Labute approximate surface area is 166 Å². The molecule has 0 radical (unpaired) electrons. The standard InChI is InChI=1S/C20H18N4O3S/c1-26-16-9-8-14(10-17(16)27-2)19(25)22-18-15(11-21)20(24-23-18)28-12-13-6-4-3-5-7-13/h3-10H,12H2,1-2H3,(H2,22,23,24,25). The Kier molecular flexibility index (Phi) is 6.19. The van der Waals surface area contributed by atoms with Crippen LogP contribution in [0.4, 0.5) is 5.82 Å². The van der Waals surface area contributed by atoms with E-state index >= 15 is 0 Å². The van der Waals surface area contributed by atoms with Crippen molar-refractivity contribution in [1.29, 1.82) is 5.26 Å². The first-order chi connectivity index (χ1) is 13.7. The van der Waals surface area contributed by atoms with E-state index in [0.717, 1.165) is 5.56 Å². The Morgan fingerprint density at radius 1 is 1.18 bits per heavy atom. The van der Waals surface area contributed by atoms with Crippen LogP contribution in [-0.4, -0.2) is 30.3 Å².